The summed E-state index contributed by atoms with van der Waals surface area (Å²) < 4.78 is 5.37. The number of rotatable bonds is 3. The van der Waals surface area contributed by atoms with Crippen molar-refractivity contribution in [3.63, 3.8) is 0 Å². The maximum absolute atomic E-state index is 12.2. The van der Waals surface area contributed by atoms with E-state index in [1.165, 1.54) is 6.07 Å². The van der Waals surface area contributed by atoms with Crippen molar-refractivity contribution >= 4 is 23.1 Å². The Morgan fingerprint density at radius 2 is 1.83 bits per heavy atom. The number of aromatic hydroxyl groups is 1. The van der Waals surface area contributed by atoms with Crippen LogP contribution in [0.15, 0.2) is 48.5 Å². The van der Waals surface area contributed by atoms with Crippen molar-refractivity contribution in [2.24, 2.45) is 0 Å². The molecule has 2 aromatic carbocycles. The molecule has 0 bridgehead atoms. The van der Waals surface area contributed by atoms with Gasteiger partial charge in [-0.3, -0.25) is 0 Å². The summed E-state index contributed by atoms with van der Waals surface area (Å²) in [4.78, 5) is 14.4. The molecule has 0 aromatic heterocycles. The first-order valence-electron chi connectivity index (χ1n) is 7.51. The van der Waals surface area contributed by atoms with Crippen molar-refractivity contribution < 1.29 is 14.6 Å². The number of phenols is 1. The minimum absolute atomic E-state index is 0.108. The van der Waals surface area contributed by atoms with E-state index in [2.05, 4.69) is 15.5 Å². The van der Waals surface area contributed by atoms with Gasteiger partial charge in [0.15, 0.2) is 0 Å². The van der Waals surface area contributed by atoms with Crippen LogP contribution in [-0.2, 0) is 4.74 Å². The molecule has 2 aromatic rings. The van der Waals surface area contributed by atoms with Crippen molar-refractivity contribution in [1.82, 2.24) is 0 Å². The average molecular weight is 313 g/mol. The molecule has 0 spiro atoms. The molecular weight excluding hydrogens is 294 g/mol. The lowest BCUT2D eigenvalue weighted by atomic mass is 10.2. The summed E-state index contributed by atoms with van der Waals surface area (Å²) in [7, 11) is 0. The van der Waals surface area contributed by atoms with Crippen LogP contribution in [0.25, 0.3) is 0 Å². The molecule has 0 aliphatic carbocycles. The van der Waals surface area contributed by atoms with Crippen LogP contribution in [0.5, 0.6) is 5.75 Å². The molecule has 3 N–H and O–H groups in total. The summed E-state index contributed by atoms with van der Waals surface area (Å²) in [5.41, 5.74) is 2.25. The fourth-order valence-electron chi connectivity index (χ4n) is 2.53. The summed E-state index contributed by atoms with van der Waals surface area (Å²) in [6.45, 7) is 2.97. The molecule has 23 heavy (non-hydrogen) atoms. The number of hydrogen-bond acceptors (Lipinski definition) is 4. The minimum atomic E-state index is -0.351. The number of carbonyl (C=O) groups is 1. The number of benzene rings is 2. The number of anilines is 3. The standard InChI is InChI=1S/C17H19N3O3/c21-14-5-3-4-13(12-14)18-17(22)19-15-6-1-2-7-16(15)20-8-10-23-11-9-20/h1-7,12,21H,8-11H2,(H2,18,19,22). The first-order chi connectivity index (χ1) is 11.2. The van der Waals surface area contributed by atoms with E-state index in [0.29, 0.717) is 18.9 Å². The predicted molar refractivity (Wildman–Crippen MR) is 90.2 cm³/mol. The van der Waals surface area contributed by atoms with E-state index in [1.807, 2.05) is 24.3 Å². The molecule has 2 amide bonds. The summed E-state index contributed by atoms with van der Waals surface area (Å²) in [6, 6.07) is 13.8. The largest absolute Gasteiger partial charge is 0.508 e. The van der Waals surface area contributed by atoms with Crippen molar-refractivity contribution in [1.29, 1.82) is 0 Å². The molecule has 6 heteroatoms. The van der Waals surface area contributed by atoms with Gasteiger partial charge in [0.1, 0.15) is 5.75 Å². The van der Waals surface area contributed by atoms with E-state index in [4.69, 9.17) is 4.74 Å². The lowest BCUT2D eigenvalue weighted by Crippen LogP contribution is -2.36. The molecule has 0 atom stereocenters. The normalized spacial score (nSPS) is 14.3. The molecule has 3 rings (SSSR count). The maximum atomic E-state index is 12.2. The number of amides is 2. The molecule has 0 saturated carbocycles. The van der Waals surface area contributed by atoms with Gasteiger partial charge in [-0.1, -0.05) is 18.2 Å². The highest BCUT2D eigenvalue weighted by Gasteiger charge is 2.15. The Kier molecular flexibility index (Phi) is 4.63. The second-order valence-corrected chi connectivity index (χ2v) is 5.25. The number of urea groups is 1. The second-order valence-electron chi connectivity index (χ2n) is 5.25. The van der Waals surface area contributed by atoms with Crippen LogP contribution >= 0.6 is 0 Å². The lowest BCUT2D eigenvalue weighted by molar-refractivity contribution is 0.123. The van der Waals surface area contributed by atoms with Gasteiger partial charge in [0.05, 0.1) is 24.6 Å². The quantitative estimate of drug-likeness (QED) is 0.814. The maximum Gasteiger partial charge on any atom is 0.323 e. The monoisotopic (exact) mass is 313 g/mol. The molecule has 1 heterocycles. The molecule has 6 nitrogen and oxygen atoms in total. The summed E-state index contributed by atoms with van der Waals surface area (Å²) in [5.74, 6) is 0.108. The number of nitrogens with one attached hydrogen (secondary N) is 2. The van der Waals surface area contributed by atoms with Crippen molar-refractivity contribution in [2.75, 3.05) is 41.8 Å². The van der Waals surface area contributed by atoms with Gasteiger partial charge in [0.2, 0.25) is 0 Å². The third-order valence-electron chi connectivity index (χ3n) is 3.61. The van der Waals surface area contributed by atoms with Crippen molar-refractivity contribution in [2.45, 2.75) is 0 Å². The van der Waals surface area contributed by atoms with Crippen LogP contribution in [-0.4, -0.2) is 37.4 Å². The zero-order valence-corrected chi connectivity index (χ0v) is 12.7. The Morgan fingerprint density at radius 1 is 1.04 bits per heavy atom. The van der Waals surface area contributed by atoms with E-state index in [1.54, 1.807) is 18.2 Å². The smallest absolute Gasteiger partial charge is 0.323 e. The van der Waals surface area contributed by atoms with E-state index in [-0.39, 0.29) is 11.8 Å². The first-order valence-corrected chi connectivity index (χ1v) is 7.51. The number of ether oxygens (including phenoxy) is 1. The zero-order valence-electron chi connectivity index (χ0n) is 12.7. The van der Waals surface area contributed by atoms with Gasteiger partial charge < -0.3 is 25.4 Å². The zero-order chi connectivity index (χ0) is 16.1. The highest BCUT2D eigenvalue weighted by atomic mass is 16.5. The third-order valence-corrected chi connectivity index (χ3v) is 3.61. The molecule has 0 radical (unpaired) electrons. The van der Waals surface area contributed by atoms with Crippen LogP contribution in [0.2, 0.25) is 0 Å². The number of hydrogen-bond donors (Lipinski definition) is 3. The van der Waals surface area contributed by atoms with Gasteiger partial charge in [0.25, 0.3) is 0 Å². The van der Waals surface area contributed by atoms with Crippen LogP contribution in [0, 0.1) is 0 Å². The molecule has 0 unspecified atom stereocenters. The predicted octanol–water partition coefficient (Wildman–Crippen LogP) is 2.87. The average Bonchev–Trinajstić information content (AvgIpc) is 2.56. The summed E-state index contributed by atoms with van der Waals surface area (Å²) in [6.07, 6.45) is 0. The van der Waals surface area contributed by atoms with Gasteiger partial charge in [-0.2, -0.15) is 0 Å². The first kappa shape index (κ1) is 15.2. The highest BCUT2D eigenvalue weighted by molar-refractivity contribution is 6.01. The van der Waals surface area contributed by atoms with Gasteiger partial charge in [-0.25, -0.2) is 4.79 Å². The number of morpholine rings is 1. The fourth-order valence-corrected chi connectivity index (χ4v) is 2.53. The fraction of sp³-hybridized carbons (Fsp3) is 0.235. The SMILES string of the molecule is O=C(Nc1cccc(O)c1)Nc1ccccc1N1CCOCC1. The van der Waals surface area contributed by atoms with Gasteiger partial charge in [0, 0.05) is 24.8 Å². The summed E-state index contributed by atoms with van der Waals surface area (Å²) in [5, 5.41) is 15.0. The number of para-hydroxylation sites is 2. The van der Waals surface area contributed by atoms with Crippen molar-refractivity contribution in [3.05, 3.63) is 48.5 Å². The lowest BCUT2D eigenvalue weighted by Gasteiger charge is -2.30. The minimum Gasteiger partial charge on any atom is -0.508 e. The Balaban J connectivity index is 1.71. The third kappa shape index (κ3) is 3.92. The number of nitrogens with zero attached hydrogens (tertiary/aromatic N) is 1. The topological polar surface area (TPSA) is 73.8 Å². The van der Waals surface area contributed by atoms with E-state index in [0.717, 1.165) is 24.5 Å². The highest BCUT2D eigenvalue weighted by Crippen LogP contribution is 2.26. The van der Waals surface area contributed by atoms with E-state index >= 15 is 0 Å². The van der Waals surface area contributed by atoms with Crippen LogP contribution in [0.4, 0.5) is 21.9 Å². The molecule has 120 valence electrons. The Hall–Kier alpha value is -2.73. The Morgan fingerprint density at radius 3 is 2.61 bits per heavy atom. The van der Waals surface area contributed by atoms with E-state index < -0.39 is 0 Å². The van der Waals surface area contributed by atoms with Crippen LogP contribution < -0.4 is 15.5 Å². The van der Waals surface area contributed by atoms with Crippen LogP contribution in [0.1, 0.15) is 0 Å². The Bertz CT molecular complexity index is 684. The van der Waals surface area contributed by atoms with Crippen molar-refractivity contribution in [3.8, 4) is 5.75 Å². The second kappa shape index (κ2) is 7.02. The number of carbonyl (C=O) groups excluding carboxylic acids is 1. The molecule has 1 saturated heterocycles. The van der Waals surface area contributed by atoms with Gasteiger partial charge in [-0.05, 0) is 24.3 Å². The van der Waals surface area contributed by atoms with Gasteiger partial charge in [-0.15, -0.1) is 0 Å². The van der Waals surface area contributed by atoms with Gasteiger partial charge >= 0.3 is 6.03 Å². The molecular formula is C17H19N3O3. The Labute approximate surface area is 134 Å². The van der Waals surface area contributed by atoms with E-state index in [9.17, 15) is 9.90 Å². The number of phenolic OH excluding ortho intramolecular Hbond substituents is 1. The van der Waals surface area contributed by atoms with Crippen LogP contribution in [0.3, 0.4) is 0 Å². The summed E-state index contributed by atoms with van der Waals surface area (Å²) >= 11 is 0. The molecule has 1 aliphatic heterocycles. The molecule has 1 aliphatic rings. The molecule has 1 fully saturated rings.